The molecule has 0 saturated carbocycles. The molecule has 0 atom stereocenters. The number of carbonyl (C=O) groups is 1. The minimum Gasteiger partial charge on any atom is -0.396 e. The smallest absolute Gasteiger partial charge is 0.223 e. The molecule has 0 unspecified atom stereocenters. The molecule has 0 saturated heterocycles. The Labute approximate surface area is 143 Å². The SMILES string of the molecule is CCCC/C=C/CC(=O)NCCNCCCCCCCCCO. The number of allylic oxidation sites excluding steroid dienone is 1. The Bertz CT molecular complexity index is 281. The van der Waals surface area contributed by atoms with Crippen molar-refractivity contribution in [3.63, 3.8) is 0 Å². The molecule has 0 aromatic heterocycles. The number of nitrogens with one attached hydrogen (secondary N) is 2. The van der Waals surface area contributed by atoms with Crippen LogP contribution in [-0.4, -0.2) is 37.3 Å². The van der Waals surface area contributed by atoms with Gasteiger partial charge in [0.2, 0.25) is 5.91 Å². The fraction of sp³-hybridized carbons (Fsp3) is 0.842. The van der Waals surface area contributed by atoms with Crippen molar-refractivity contribution >= 4 is 5.91 Å². The van der Waals surface area contributed by atoms with Crippen molar-refractivity contribution in [2.24, 2.45) is 0 Å². The van der Waals surface area contributed by atoms with E-state index in [1.54, 1.807) is 0 Å². The van der Waals surface area contributed by atoms with Crippen LogP contribution in [0.5, 0.6) is 0 Å². The molecule has 0 rings (SSSR count). The monoisotopic (exact) mass is 326 g/mol. The van der Waals surface area contributed by atoms with E-state index in [-0.39, 0.29) is 5.91 Å². The summed E-state index contributed by atoms with van der Waals surface area (Å²) in [5, 5.41) is 15.0. The number of carbonyl (C=O) groups excluding carboxylic acids is 1. The van der Waals surface area contributed by atoms with Gasteiger partial charge in [0.1, 0.15) is 0 Å². The highest BCUT2D eigenvalue weighted by atomic mass is 16.2. The largest absolute Gasteiger partial charge is 0.396 e. The van der Waals surface area contributed by atoms with Gasteiger partial charge in [0.05, 0.1) is 0 Å². The second-order valence-electron chi connectivity index (χ2n) is 6.12. The summed E-state index contributed by atoms with van der Waals surface area (Å²) < 4.78 is 0. The molecule has 23 heavy (non-hydrogen) atoms. The first-order chi connectivity index (χ1) is 11.3. The summed E-state index contributed by atoms with van der Waals surface area (Å²) >= 11 is 0. The number of amides is 1. The van der Waals surface area contributed by atoms with Crippen LogP contribution < -0.4 is 10.6 Å². The molecule has 0 radical (unpaired) electrons. The molecule has 4 nitrogen and oxygen atoms in total. The molecule has 1 amide bonds. The van der Waals surface area contributed by atoms with Crippen molar-refractivity contribution in [3.05, 3.63) is 12.2 Å². The normalized spacial score (nSPS) is 11.2. The average Bonchev–Trinajstić information content (AvgIpc) is 2.55. The quantitative estimate of drug-likeness (QED) is 0.283. The molecule has 0 bridgehead atoms. The van der Waals surface area contributed by atoms with Gasteiger partial charge in [-0.1, -0.05) is 64.0 Å². The van der Waals surface area contributed by atoms with Gasteiger partial charge < -0.3 is 15.7 Å². The van der Waals surface area contributed by atoms with E-state index >= 15 is 0 Å². The number of hydrogen-bond acceptors (Lipinski definition) is 3. The first-order valence-corrected chi connectivity index (χ1v) is 9.54. The van der Waals surface area contributed by atoms with Crippen molar-refractivity contribution in [2.45, 2.75) is 77.6 Å². The van der Waals surface area contributed by atoms with E-state index in [9.17, 15) is 4.79 Å². The number of rotatable bonds is 17. The Morgan fingerprint density at radius 2 is 1.57 bits per heavy atom. The Morgan fingerprint density at radius 3 is 2.26 bits per heavy atom. The zero-order valence-corrected chi connectivity index (χ0v) is 15.1. The van der Waals surface area contributed by atoms with Crippen LogP contribution in [0, 0.1) is 0 Å². The van der Waals surface area contributed by atoms with Crippen LogP contribution in [0.25, 0.3) is 0 Å². The van der Waals surface area contributed by atoms with Crippen LogP contribution in [0.1, 0.15) is 77.6 Å². The van der Waals surface area contributed by atoms with Gasteiger partial charge in [0, 0.05) is 26.1 Å². The minimum atomic E-state index is 0.113. The highest BCUT2D eigenvalue weighted by Crippen LogP contribution is 2.06. The molecule has 136 valence electrons. The van der Waals surface area contributed by atoms with Crippen molar-refractivity contribution in [1.29, 1.82) is 0 Å². The van der Waals surface area contributed by atoms with E-state index in [1.165, 1.54) is 44.9 Å². The lowest BCUT2D eigenvalue weighted by Crippen LogP contribution is -2.31. The van der Waals surface area contributed by atoms with Crippen molar-refractivity contribution in [1.82, 2.24) is 10.6 Å². The third-order valence-electron chi connectivity index (χ3n) is 3.83. The van der Waals surface area contributed by atoms with Gasteiger partial charge in [0.25, 0.3) is 0 Å². The van der Waals surface area contributed by atoms with Crippen LogP contribution in [0.3, 0.4) is 0 Å². The molecule has 0 aromatic carbocycles. The van der Waals surface area contributed by atoms with Crippen molar-refractivity contribution in [3.8, 4) is 0 Å². The zero-order valence-electron chi connectivity index (χ0n) is 15.1. The van der Waals surface area contributed by atoms with Crippen molar-refractivity contribution in [2.75, 3.05) is 26.2 Å². The summed E-state index contributed by atoms with van der Waals surface area (Å²) in [7, 11) is 0. The third kappa shape index (κ3) is 19.1. The maximum absolute atomic E-state index is 11.6. The summed E-state index contributed by atoms with van der Waals surface area (Å²) in [6.07, 6.45) is 16.4. The lowest BCUT2D eigenvalue weighted by Gasteiger charge is -2.06. The number of unbranched alkanes of at least 4 members (excludes halogenated alkanes) is 8. The van der Waals surface area contributed by atoms with Crippen LogP contribution in [-0.2, 0) is 4.79 Å². The first-order valence-electron chi connectivity index (χ1n) is 9.54. The van der Waals surface area contributed by atoms with Crippen LogP contribution >= 0.6 is 0 Å². The van der Waals surface area contributed by atoms with E-state index < -0.39 is 0 Å². The molecule has 0 spiro atoms. The molecule has 0 aromatic rings. The van der Waals surface area contributed by atoms with Gasteiger partial charge in [-0.25, -0.2) is 0 Å². The predicted octanol–water partition coefficient (Wildman–Crippen LogP) is 3.55. The van der Waals surface area contributed by atoms with E-state index in [0.717, 1.165) is 32.4 Å². The summed E-state index contributed by atoms with van der Waals surface area (Å²) in [6, 6.07) is 0. The standard InChI is InChI=1S/C19H38N2O2/c1-2-3-4-8-11-14-19(23)21-17-16-20-15-12-9-6-5-7-10-13-18-22/h8,11,20,22H,2-7,9-10,12-18H2,1H3,(H,21,23)/b11-8+. The molecule has 3 N–H and O–H groups in total. The molecule has 0 aliphatic rings. The Hall–Kier alpha value is -0.870. The molecular formula is C19H38N2O2. The molecular weight excluding hydrogens is 288 g/mol. The molecule has 0 aliphatic heterocycles. The van der Waals surface area contributed by atoms with Gasteiger partial charge in [-0.05, 0) is 25.8 Å². The second kappa shape index (κ2) is 19.2. The molecule has 0 fully saturated rings. The van der Waals surface area contributed by atoms with Gasteiger partial charge in [0.15, 0.2) is 0 Å². The Morgan fingerprint density at radius 1 is 0.870 bits per heavy atom. The maximum Gasteiger partial charge on any atom is 0.223 e. The van der Waals surface area contributed by atoms with E-state index in [4.69, 9.17) is 5.11 Å². The van der Waals surface area contributed by atoms with Gasteiger partial charge >= 0.3 is 0 Å². The van der Waals surface area contributed by atoms with Crippen LogP contribution in [0.2, 0.25) is 0 Å². The average molecular weight is 327 g/mol. The lowest BCUT2D eigenvalue weighted by atomic mass is 10.1. The predicted molar refractivity (Wildman–Crippen MR) is 98.6 cm³/mol. The van der Waals surface area contributed by atoms with Gasteiger partial charge in [-0.15, -0.1) is 0 Å². The van der Waals surface area contributed by atoms with E-state index in [2.05, 4.69) is 23.6 Å². The first kappa shape index (κ1) is 22.1. The number of aliphatic hydroxyl groups excluding tert-OH is 1. The van der Waals surface area contributed by atoms with Crippen LogP contribution in [0.4, 0.5) is 0 Å². The van der Waals surface area contributed by atoms with Crippen LogP contribution in [0.15, 0.2) is 12.2 Å². The molecule has 0 aliphatic carbocycles. The van der Waals surface area contributed by atoms with Gasteiger partial charge in [-0.3, -0.25) is 4.79 Å². The maximum atomic E-state index is 11.6. The second-order valence-corrected chi connectivity index (χ2v) is 6.12. The molecule has 4 heteroatoms. The summed E-state index contributed by atoms with van der Waals surface area (Å²) in [5.74, 6) is 0.113. The molecule has 0 heterocycles. The third-order valence-corrected chi connectivity index (χ3v) is 3.83. The minimum absolute atomic E-state index is 0.113. The van der Waals surface area contributed by atoms with Crippen molar-refractivity contribution < 1.29 is 9.90 Å². The summed E-state index contributed by atoms with van der Waals surface area (Å²) in [4.78, 5) is 11.6. The van der Waals surface area contributed by atoms with E-state index in [0.29, 0.717) is 19.6 Å². The lowest BCUT2D eigenvalue weighted by molar-refractivity contribution is -0.120. The Kier molecular flexibility index (Phi) is 18.5. The van der Waals surface area contributed by atoms with Gasteiger partial charge in [-0.2, -0.15) is 0 Å². The fourth-order valence-electron chi connectivity index (χ4n) is 2.36. The zero-order chi connectivity index (χ0) is 17.0. The number of aliphatic hydroxyl groups is 1. The highest BCUT2D eigenvalue weighted by molar-refractivity contribution is 5.77. The summed E-state index contributed by atoms with van der Waals surface area (Å²) in [6.45, 7) is 5.09. The topological polar surface area (TPSA) is 61.4 Å². The summed E-state index contributed by atoms with van der Waals surface area (Å²) in [5.41, 5.74) is 0. The highest BCUT2D eigenvalue weighted by Gasteiger charge is 1.96. The Balaban J connectivity index is 3.17. The van der Waals surface area contributed by atoms with E-state index in [1.807, 2.05) is 6.08 Å². The number of hydrogen-bond donors (Lipinski definition) is 3. The fourth-order valence-corrected chi connectivity index (χ4v) is 2.36.